The molecule has 0 bridgehead atoms. The fourth-order valence-corrected chi connectivity index (χ4v) is 3.12. The highest BCUT2D eigenvalue weighted by Crippen LogP contribution is 2.31. The maximum atomic E-state index is 12.1. The van der Waals surface area contributed by atoms with Crippen molar-refractivity contribution in [3.05, 3.63) is 0 Å². The molecule has 0 spiro atoms. The van der Waals surface area contributed by atoms with Crippen molar-refractivity contribution >= 4 is 17.7 Å². The van der Waals surface area contributed by atoms with Crippen molar-refractivity contribution in [1.29, 1.82) is 0 Å². The zero-order valence-corrected chi connectivity index (χ0v) is 12.3. The van der Waals surface area contributed by atoms with Gasteiger partial charge in [0.05, 0.1) is 12.5 Å². The van der Waals surface area contributed by atoms with Gasteiger partial charge in [0.2, 0.25) is 17.7 Å². The van der Waals surface area contributed by atoms with E-state index in [1.54, 1.807) is 4.90 Å². The molecule has 3 fully saturated rings. The summed E-state index contributed by atoms with van der Waals surface area (Å²) in [6, 6.07) is 0. The van der Waals surface area contributed by atoms with Crippen LogP contribution in [-0.2, 0) is 14.4 Å². The number of carbonyl (C=O) groups is 3. The number of amides is 3. The lowest BCUT2D eigenvalue weighted by Gasteiger charge is -2.17. The van der Waals surface area contributed by atoms with Crippen LogP contribution < -0.4 is 5.32 Å². The van der Waals surface area contributed by atoms with Crippen LogP contribution in [-0.4, -0.2) is 60.2 Å². The smallest absolute Gasteiger partial charge is 0.241 e. The molecule has 6 heteroatoms. The predicted molar refractivity (Wildman–Crippen MR) is 76.2 cm³/mol. The summed E-state index contributed by atoms with van der Waals surface area (Å²) in [6.45, 7) is 2.97. The first-order valence-electron chi connectivity index (χ1n) is 7.97. The Morgan fingerprint density at radius 1 is 1.19 bits per heavy atom. The van der Waals surface area contributed by atoms with E-state index in [0.717, 1.165) is 32.5 Å². The van der Waals surface area contributed by atoms with Crippen LogP contribution in [0.5, 0.6) is 0 Å². The van der Waals surface area contributed by atoms with Gasteiger partial charge in [0.25, 0.3) is 0 Å². The molecule has 116 valence electrons. The van der Waals surface area contributed by atoms with Gasteiger partial charge in [-0.05, 0) is 31.6 Å². The van der Waals surface area contributed by atoms with Crippen LogP contribution in [0.3, 0.4) is 0 Å². The van der Waals surface area contributed by atoms with Crippen LogP contribution in [0.2, 0.25) is 0 Å². The van der Waals surface area contributed by atoms with Gasteiger partial charge in [0, 0.05) is 32.6 Å². The fraction of sp³-hybridized carbons (Fsp3) is 0.800. The van der Waals surface area contributed by atoms with Crippen molar-refractivity contribution in [2.45, 2.75) is 32.1 Å². The van der Waals surface area contributed by atoms with Crippen molar-refractivity contribution in [3.63, 3.8) is 0 Å². The lowest BCUT2D eigenvalue weighted by atomic mass is 10.1. The molecule has 0 radical (unpaired) electrons. The first-order valence-corrected chi connectivity index (χ1v) is 7.97. The zero-order chi connectivity index (χ0) is 14.8. The van der Waals surface area contributed by atoms with Crippen LogP contribution >= 0.6 is 0 Å². The summed E-state index contributed by atoms with van der Waals surface area (Å²) in [4.78, 5) is 39.4. The van der Waals surface area contributed by atoms with E-state index in [2.05, 4.69) is 5.32 Å². The summed E-state index contributed by atoms with van der Waals surface area (Å²) in [5.74, 6) is 0.261. The molecule has 6 nitrogen and oxygen atoms in total. The average molecular weight is 293 g/mol. The van der Waals surface area contributed by atoms with Crippen molar-refractivity contribution in [2.24, 2.45) is 11.8 Å². The summed E-state index contributed by atoms with van der Waals surface area (Å²) in [6.07, 6.45) is 4.78. The fourth-order valence-electron chi connectivity index (χ4n) is 3.12. The first kappa shape index (κ1) is 14.4. The summed E-state index contributed by atoms with van der Waals surface area (Å²) in [5, 5.41) is 2.70. The van der Waals surface area contributed by atoms with E-state index in [0.29, 0.717) is 12.5 Å². The molecule has 2 aliphatic heterocycles. The molecule has 0 aromatic rings. The summed E-state index contributed by atoms with van der Waals surface area (Å²) < 4.78 is 0. The molecule has 3 rings (SSSR count). The topological polar surface area (TPSA) is 69.7 Å². The van der Waals surface area contributed by atoms with Crippen LogP contribution in [0.1, 0.15) is 32.1 Å². The zero-order valence-electron chi connectivity index (χ0n) is 12.3. The average Bonchev–Trinajstić information content (AvgIpc) is 2.98. The molecule has 2 heterocycles. The van der Waals surface area contributed by atoms with Crippen molar-refractivity contribution in [2.75, 3.05) is 32.7 Å². The van der Waals surface area contributed by atoms with Gasteiger partial charge in [0.1, 0.15) is 0 Å². The Hall–Kier alpha value is -1.59. The third-order valence-corrected chi connectivity index (χ3v) is 4.63. The van der Waals surface area contributed by atoms with Gasteiger partial charge in [-0.3, -0.25) is 14.4 Å². The number of hydrogen-bond acceptors (Lipinski definition) is 3. The van der Waals surface area contributed by atoms with Crippen LogP contribution in [0.15, 0.2) is 0 Å². The van der Waals surface area contributed by atoms with Crippen molar-refractivity contribution in [3.8, 4) is 0 Å². The molecule has 3 amide bonds. The Bertz CT molecular complexity index is 441. The predicted octanol–water partition coefficient (Wildman–Crippen LogP) is -0.0165. The molecule has 1 aliphatic carbocycles. The second kappa shape index (κ2) is 6.03. The lowest BCUT2D eigenvalue weighted by molar-refractivity contribution is -0.133. The molecular formula is C15H23N3O3. The van der Waals surface area contributed by atoms with Crippen LogP contribution in [0.25, 0.3) is 0 Å². The van der Waals surface area contributed by atoms with E-state index < -0.39 is 0 Å². The van der Waals surface area contributed by atoms with Crippen LogP contribution in [0, 0.1) is 11.8 Å². The van der Waals surface area contributed by atoms with E-state index in [9.17, 15) is 14.4 Å². The van der Waals surface area contributed by atoms with Gasteiger partial charge in [-0.15, -0.1) is 0 Å². The maximum absolute atomic E-state index is 12.1. The number of carbonyl (C=O) groups excluding carboxylic acids is 3. The van der Waals surface area contributed by atoms with Gasteiger partial charge >= 0.3 is 0 Å². The van der Waals surface area contributed by atoms with Gasteiger partial charge in [-0.1, -0.05) is 0 Å². The third-order valence-electron chi connectivity index (χ3n) is 4.63. The van der Waals surface area contributed by atoms with Crippen molar-refractivity contribution < 1.29 is 14.4 Å². The molecule has 21 heavy (non-hydrogen) atoms. The molecule has 3 aliphatic rings. The van der Waals surface area contributed by atoms with E-state index in [-0.39, 0.29) is 36.6 Å². The quantitative estimate of drug-likeness (QED) is 0.775. The van der Waals surface area contributed by atoms with Gasteiger partial charge in [-0.2, -0.15) is 0 Å². The lowest BCUT2D eigenvalue weighted by Crippen LogP contribution is -2.41. The molecule has 0 aromatic carbocycles. The Kier molecular flexibility index (Phi) is 4.12. The Balaban J connectivity index is 1.42. The summed E-state index contributed by atoms with van der Waals surface area (Å²) >= 11 is 0. The minimum atomic E-state index is -0.289. The molecule has 0 unspecified atom stereocenters. The Morgan fingerprint density at radius 2 is 1.90 bits per heavy atom. The number of hydrogen-bond donors (Lipinski definition) is 1. The van der Waals surface area contributed by atoms with Gasteiger partial charge < -0.3 is 15.1 Å². The second-order valence-electron chi connectivity index (χ2n) is 6.45. The largest absolute Gasteiger partial charge is 0.347 e. The third kappa shape index (κ3) is 3.54. The van der Waals surface area contributed by atoms with E-state index in [1.165, 1.54) is 12.8 Å². The number of likely N-dealkylation sites (tertiary alicyclic amines) is 2. The van der Waals surface area contributed by atoms with Gasteiger partial charge in [0.15, 0.2) is 0 Å². The summed E-state index contributed by atoms with van der Waals surface area (Å²) in [7, 11) is 0. The van der Waals surface area contributed by atoms with Crippen LogP contribution in [0.4, 0.5) is 0 Å². The summed E-state index contributed by atoms with van der Waals surface area (Å²) in [5.41, 5.74) is 0. The molecule has 1 saturated carbocycles. The maximum Gasteiger partial charge on any atom is 0.241 e. The first-order chi connectivity index (χ1) is 10.1. The minimum Gasteiger partial charge on any atom is -0.347 e. The highest BCUT2D eigenvalue weighted by atomic mass is 16.2. The normalized spacial score (nSPS) is 25.5. The Morgan fingerprint density at radius 3 is 2.57 bits per heavy atom. The molecule has 1 N–H and O–H groups in total. The molecular weight excluding hydrogens is 270 g/mol. The monoisotopic (exact) mass is 293 g/mol. The standard InChI is InChI=1S/C15H23N3O3/c19-13-7-12(10-18(13)9-11-3-4-11)15(21)16-8-14(20)17-5-1-2-6-17/h11-12H,1-10H2,(H,16,21)/t12-/m1/s1. The minimum absolute atomic E-state index is 0.0139. The van der Waals surface area contributed by atoms with E-state index in [4.69, 9.17) is 0 Å². The second-order valence-corrected chi connectivity index (χ2v) is 6.45. The molecule has 0 aromatic heterocycles. The highest BCUT2D eigenvalue weighted by Gasteiger charge is 2.37. The van der Waals surface area contributed by atoms with Crippen molar-refractivity contribution in [1.82, 2.24) is 15.1 Å². The molecule has 2 saturated heterocycles. The van der Waals surface area contributed by atoms with E-state index >= 15 is 0 Å². The SMILES string of the molecule is O=C(NCC(=O)N1CCCC1)[C@@H]1CC(=O)N(CC2CC2)C1. The van der Waals surface area contributed by atoms with E-state index in [1.807, 2.05) is 4.90 Å². The van der Waals surface area contributed by atoms with Gasteiger partial charge in [-0.25, -0.2) is 0 Å². The number of nitrogens with zero attached hydrogens (tertiary/aromatic N) is 2. The number of nitrogens with one attached hydrogen (secondary N) is 1. The molecule has 1 atom stereocenters. The highest BCUT2D eigenvalue weighted by molar-refractivity contribution is 5.91. The Labute approximate surface area is 124 Å². The number of rotatable bonds is 5.